The summed E-state index contributed by atoms with van der Waals surface area (Å²) in [6.07, 6.45) is 1.84. The highest BCUT2D eigenvalue weighted by Crippen LogP contribution is 1.71. The molecular weight excluding hydrogens is 92.1 g/mol. The van der Waals surface area contributed by atoms with Crippen molar-refractivity contribution in [1.82, 2.24) is 4.90 Å². The van der Waals surface area contributed by atoms with Gasteiger partial charge in [0.2, 0.25) is 0 Å². The van der Waals surface area contributed by atoms with Gasteiger partial charge >= 0.3 is 0 Å². The van der Waals surface area contributed by atoms with Crippen molar-refractivity contribution in [2.75, 3.05) is 20.2 Å². The van der Waals surface area contributed by atoms with Crippen LogP contribution in [-0.2, 0) is 0 Å². The first-order chi connectivity index (χ1) is 3.31. The zero-order valence-electron chi connectivity index (χ0n) is 4.26. The Kier molecular flexibility index (Phi) is 3.07. The van der Waals surface area contributed by atoms with Gasteiger partial charge in [-0.15, -0.1) is 0 Å². The van der Waals surface area contributed by atoms with Gasteiger partial charge in [-0.3, -0.25) is 0 Å². The second-order valence-electron chi connectivity index (χ2n) is 1.25. The summed E-state index contributed by atoms with van der Waals surface area (Å²) in [5.41, 5.74) is 0. The first-order valence-electron chi connectivity index (χ1n) is 2.03. The minimum atomic E-state index is 0.0457. The number of nitriles is 1. The normalized spacial score (nSPS) is 7.57. The molecule has 0 aromatic rings. The summed E-state index contributed by atoms with van der Waals surface area (Å²) in [7, 11) is 1.62. The topological polar surface area (TPSA) is 47.3 Å². The predicted octanol–water partition coefficient (Wildman–Crippen LogP) is -0.608. The molecule has 7 heavy (non-hydrogen) atoms. The smallest absolute Gasteiger partial charge is 0.179 e. The van der Waals surface area contributed by atoms with E-state index in [4.69, 9.17) is 10.4 Å². The summed E-state index contributed by atoms with van der Waals surface area (Å²) in [5, 5.41) is 16.2. The number of nitrogens with zero attached hydrogens (tertiary/aromatic N) is 2. The average molecular weight is 100 g/mol. The first kappa shape index (κ1) is 6.25. The van der Waals surface area contributed by atoms with Crippen molar-refractivity contribution in [2.45, 2.75) is 0 Å². The molecule has 0 spiro atoms. The van der Waals surface area contributed by atoms with E-state index in [2.05, 4.69) is 0 Å². The minimum absolute atomic E-state index is 0.0457. The van der Waals surface area contributed by atoms with Gasteiger partial charge in [-0.05, 0) is 0 Å². The fraction of sp³-hybridized carbons (Fsp3) is 0.750. The Hall–Kier alpha value is -0.750. The minimum Gasteiger partial charge on any atom is -0.395 e. The van der Waals surface area contributed by atoms with Gasteiger partial charge < -0.3 is 10.0 Å². The molecule has 0 fully saturated rings. The first-order valence-corrected chi connectivity index (χ1v) is 2.03. The Balaban J connectivity index is 3.04. The summed E-state index contributed by atoms with van der Waals surface area (Å²) in [4.78, 5) is 1.36. The van der Waals surface area contributed by atoms with E-state index in [0.29, 0.717) is 6.54 Å². The Morgan fingerprint density at radius 1 is 1.86 bits per heavy atom. The fourth-order valence-corrected chi connectivity index (χ4v) is 0.200. The van der Waals surface area contributed by atoms with E-state index in [0.717, 1.165) is 0 Å². The maximum atomic E-state index is 8.18. The third-order valence-corrected chi connectivity index (χ3v) is 0.606. The van der Waals surface area contributed by atoms with Crippen molar-refractivity contribution in [1.29, 1.82) is 5.26 Å². The number of rotatable bonds is 2. The summed E-state index contributed by atoms with van der Waals surface area (Å²) >= 11 is 0. The number of likely N-dealkylation sites (N-methyl/N-ethyl adjacent to an activating group) is 1. The van der Waals surface area contributed by atoms with Gasteiger partial charge in [0, 0.05) is 7.05 Å². The molecule has 0 bridgehead atoms. The molecule has 0 saturated heterocycles. The van der Waals surface area contributed by atoms with Crippen LogP contribution in [0.25, 0.3) is 0 Å². The molecule has 0 aromatic carbocycles. The molecule has 0 atom stereocenters. The predicted molar refractivity (Wildman–Crippen MR) is 25.3 cm³/mol. The van der Waals surface area contributed by atoms with Crippen LogP contribution < -0.4 is 0 Å². The maximum Gasteiger partial charge on any atom is 0.179 e. The molecule has 1 N–H and O–H groups in total. The Morgan fingerprint density at radius 3 is 2.57 bits per heavy atom. The molecule has 0 saturated carbocycles. The summed E-state index contributed by atoms with van der Waals surface area (Å²) in [6, 6.07) is 0. The summed E-state index contributed by atoms with van der Waals surface area (Å²) in [5.74, 6) is 0. The molecule has 3 heteroatoms. The number of hydrogen-bond donors (Lipinski definition) is 1. The van der Waals surface area contributed by atoms with Gasteiger partial charge in [0.25, 0.3) is 0 Å². The van der Waals surface area contributed by atoms with E-state index in [1.54, 1.807) is 7.05 Å². The van der Waals surface area contributed by atoms with Gasteiger partial charge in [0.1, 0.15) is 0 Å². The maximum absolute atomic E-state index is 8.18. The number of aliphatic hydroxyl groups excluding tert-OH is 1. The van der Waals surface area contributed by atoms with Gasteiger partial charge in [-0.25, -0.2) is 0 Å². The van der Waals surface area contributed by atoms with Crippen LogP contribution in [0, 0.1) is 11.5 Å². The largest absolute Gasteiger partial charge is 0.395 e. The van der Waals surface area contributed by atoms with Crippen LogP contribution in [-0.4, -0.2) is 30.2 Å². The second kappa shape index (κ2) is 3.44. The molecule has 0 aliphatic heterocycles. The van der Waals surface area contributed by atoms with Crippen LogP contribution >= 0.6 is 0 Å². The number of hydrogen-bond acceptors (Lipinski definition) is 3. The van der Waals surface area contributed by atoms with Crippen LogP contribution in [0.1, 0.15) is 0 Å². The average Bonchev–Trinajstić information content (AvgIpc) is 1.68. The van der Waals surface area contributed by atoms with E-state index in [1.807, 2.05) is 6.19 Å². The van der Waals surface area contributed by atoms with Crippen LogP contribution in [0.5, 0.6) is 0 Å². The highest BCUT2D eigenvalue weighted by Gasteiger charge is 1.85. The van der Waals surface area contributed by atoms with E-state index < -0.39 is 0 Å². The van der Waals surface area contributed by atoms with E-state index in [9.17, 15) is 0 Å². The van der Waals surface area contributed by atoms with Gasteiger partial charge in [-0.1, -0.05) is 0 Å². The third kappa shape index (κ3) is 3.07. The fourth-order valence-electron chi connectivity index (χ4n) is 0.200. The lowest BCUT2D eigenvalue weighted by molar-refractivity contribution is 0.258. The molecule has 0 rings (SSSR count). The van der Waals surface area contributed by atoms with Crippen LogP contribution in [0.15, 0.2) is 0 Å². The lowest BCUT2D eigenvalue weighted by Gasteiger charge is -2.02. The SMILES string of the molecule is CN(C#N)CCO. The quantitative estimate of drug-likeness (QED) is 0.372. The van der Waals surface area contributed by atoms with Crippen LogP contribution in [0.2, 0.25) is 0 Å². The molecule has 0 heterocycles. The van der Waals surface area contributed by atoms with Gasteiger partial charge in [0.05, 0.1) is 13.2 Å². The van der Waals surface area contributed by atoms with Crippen molar-refractivity contribution in [3.05, 3.63) is 0 Å². The Bertz CT molecular complexity index is 76.2. The molecule has 0 amide bonds. The van der Waals surface area contributed by atoms with E-state index in [1.165, 1.54) is 4.90 Å². The molecule has 0 aliphatic rings. The van der Waals surface area contributed by atoms with Crippen molar-refractivity contribution in [3.8, 4) is 6.19 Å². The van der Waals surface area contributed by atoms with E-state index in [-0.39, 0.29) is 6.61 Å². The zero-order chi connectivity index (χ0) is 5.70. The molecular formula is C4H8N2O. The Labute approximate surface area is 42.8 Å². The number of aliphatic hydroxyl groups is 1. The second-order valence-corrected chi connectivity index (χ2v) is 1.25. The monoisotopic (exact) mass is 100 g/mol. The van der Waals surface area contributed by atoms with E-state index >= 15 is 0 Å². The zero-order valence-corrected chi connectivity index (χ0v) is 4.26. The van der Waals surface area contributed by atoms with Crippen LogP contribution in [0.3, 0.4) is 0 Å². The molecule has 40 valence electrons. The third-order valence-electron chi connectivity index (χ3n) is 0.606. The molecule has 0 aliphatic carbocycles. The molecule has 0 unspecified atom stereocenters. The van der Waals surface area contributed by atoms with Crippen molar-refractivity contribution < 1.29 is 5.11 Å². The molecule has 0 aromatic heterocycles. The van der Waals surface area contributed by atoms with Crippen molar-refractivity contribution >= 4 is 0 Å². The highest BCUT2D eigenvalue weighted by molar-refractivity contribution is 4.66. The lowest BCUT2D eigenvalue weighted by atomic mass is 10.6. The van der Waals surface area contributed by atoms with Crippen molar-refractivity contribution in [2.24, 2.45) is 0 Å². The standard InChI is InChI=1S/C4H8N2O/c1-6(4-5)2-3-7/h7H,2-3H2,1H3. The van der Waals surface area contributed by atoms with Gasteiger partial charge in [0.15, 0.2) is 6.19 Å². The molecule has 3 nitrogen and oxygen atoms in total. The molecule has 0 radical (unpaired) electrons. The summed E-state index contributed by atoms with van der Waals surface area (Å²) in [6.45, 7) is 0.473. The Morgan fingerprint density at radius 2 is 2.43 bits per heavy atom. The lowest BCUT2D eigenvalue weighted by Crippen LogP contribution is -2.15. The highest BCUT2D eigenvalue weighted by atomic mass is 16.3. The van der Waals surface area contributed by atoms with Crippen LogP contribution in [0.4, 0.5) is 0 Å². The van der Waals surface area contributed by atoms with Crippen molar-refractivity contribution in [3.63, 3.8) is 0 Å². The van der Waals surface area contributed by atoms with Gasteiger partial charge in [-0.2, -0.15) is 5.26 Å². The summed E-state index contributed by atoms with van der Waals surface area (Å²) < 4.78 is 0.